The standard InChI is InChI=1S/C19H18Cl2N4OS2/c1-3-8-25-18(12-9-13(4-2)27-10-12)23-24-19(25)28-11-16(26)22-15-7-5-6-14(20)17(15)21/h3,5-7,9-10H,1,4,8,11H2,2H3,(H,22,26). The van der Waals surface area contributed by atoms with Gasteiger partial charge in [-0.15, -0.1) is 28.1 Å². The van der Waals surface area contributed by atoms with Gasteiger partial charge in [0, 0.05) is 22.4 Å². The number of rotatable bonds is 8. The van der Waals surface area contributed by atoms with E-state index in [4.69, 9.17) is 23.2 Å². The number of carbonyl (C=O) groups excluding carboxylic acids is 1. The molecule has 0 aliphatic rings. The fourth-order valence-electron chi connectivity index (χ4n) is 2.50. The predicted octanol–water partition coefficient (Wildman–Crippen LogP) is 5.79. The van der Waals surface area contributed by atoms with Gasteiger partial charge in [-0.3, -0.25) is 9.36 Å². The third-order valence-electron chi connectivity index (χ3n) is 3.85. The third kappa shape index (κ3) is 4.78. The van der Waals surface area contributed by atoms with E-state index in [1.807, 2.05) is 4.57 Å². The molecular weight excluding hydrogens is 435 g/mol. The molecule has 5 nitrogen and oxygen atoms in total. The molecule has 0 radical (unpaired) electrons. The van der Waals surface area contributed by atoms with Gasteiger partial charge in [0.2, 0.25) is 5.91 Å². The van der Waals surface area contributed by atoms with Crippen molar-refractivity contribution in [3.05, 3.63) is 57.2 Å². The Morgan fingerprint density at radius 1 is 1.39 bits per heavy atom. The van der Waals surface area contributed by atoms with Crippen molar-refractivity contribution < 1.29 is 4.79 Å². The number of aryl methyl sites for hydroxylation is 1. The van der Waals surface area contributed by atoms with Crippen LogP contribution in [0.1, 0.15) is 11.8 Å². The summed E-state index contributed by atoms with van der Waals surface area (Å²) in [5.41, 5.74) is 1.51. The van der Waals surface area contributed by atoms with E-state index in [-0.39, 0.29) is 11.7 Å². The van der Waals surface area contributed by atoms with Crippen molar-refractivity contribution in [2.24, 2.45) is 0 Å². The molecule has 0 aliphatic heterocycles. The van der Waals surface area contributed by atoms with E-state index in [0.29, 0.717) is 27.4 Å². The predicted molar refractivity (Wildman–Crippen MR) is 119 cm³/mol. The Kier molecular flexibility index (Phi) is 7.18. The minimum atomic E-state index is -0.201. The number of nitrogens with zero attached hydrogens (tertiary/aromatic N) is 3. The summed E-state index contributed by atoms with van der Waals surface area (Å²) in [6.07, 6.45) is 2.77. The second-order valence-electron chi connectivity index (χ2n) is 5.80. The van der Waals surface area contributed by atoms with Crippen LogP contribution in [0.25, 0.3) is 11.4 Å². The highest BCUT2D eigenvalue weighted by atomic mass is 35.5. The first-order valence-corrected chi connectivity index (χ1v) is 11.1. The van der Waals surface area contributed by atoms with Crippen molar-refractivity contribution in [1.82, 2.24) is 14.8 Å². The number of thioether (sulfide) groups is 1. The number of allylic oxidation sites excluding steroid dienone is 1. The van der Waals surface area contributed by atoms with E-state index in [2.05, 4.69) is 40.5 Å². The first kappa shape index (κ1) is 20.9. The van der Waals surface area contributed by atoms with Gasteiger partial charge in [0.15, 0.2) is 11.0 Å². The lowest BCUT2D eigenvalue weighted by Gasteiger charge is -2.09. The third-order valence-corrected chi connectivity index (χ3v) is 6.71. The van der Waals surface area contributed by atoms with Gasteiger partial charge in [0.05, 0.1) is 21.5 Å². The summed E-state index contributed by atoms with van der Waals surface area (Å²) in [6.45, 7) is 6.49. The zero-order valence-corrected chi connectivity index (χ0v) is 18.3. The molecule has 2 aromatic heterocycles. The van der Waals surface area contributed by atoms with Crippen LogP contribution in [-0.2, 0) is 17.8 Å². The average Bonchev–Trinajstić information content (AvgIpc) is 3.31. The summed E-state index contributed by atoms with van der Waals surface area (Å²) >= 11 is 15.1. The summed E-state index contributed by atoms with van der Waals surface area (Å²) in [4.78, 5) is 13.6. The fourth-order valence-corrected chi connectivity index (χ4v) is 4.41. The summed E-state index contributed by atoms with van der Waals surface area (Å²) < 4.78 is 1.96. The topological polar surface area (TPSA) is 59.8 Å². The fraction of sp³-hybridized carbons (Fsp3) is 0.211. The zero-order valence-electron chi connectivity index (χ0n) is 15.1. The van der Waals surface area contributed by atoms with E-state index in [1.165, 1.54) is 16.6 Å². The van der Waals surface area contributed by atoms with Crippen LogP contribution in [0.2, 0.25) is 10.0 Å². The number of aromatic nitrogens is 3. The molecule has 3 rings (SSSR count). The van der Waals surface area contributed by atoms with E-state index >= 15 is 0 Å². The molecule has 1 amide bonds. The van der Waals surface area contributed by atoms with E-state index in [0.717, 1.165) is 17.8 Å². The molecule has 0 spiro atoms. The molecule has 0 unspecified atom stereocenters. The van der Waals surface area contributed by atoms with Gasteiger partial charge >= 0.3 is 0 Å². The first-order valence-electron chi connectivity index (χ1n) is 8.52. The Morgan fingerprint density at radius 3 is 2.93 bits per heavy atom. The molecule has 0 saturated carbocycles. The molecule has 2 heterocycles. The molecule has 0 fully saturated rings. The largest absolute Gasteiger partial charge is 0.324 e. The summed E-state index contributed by atoms with van der Waals surface area (Å²) in [7, 11) is 0. The number of hydrogen-bond donors (Lipinski definition) is 1. The van der Waals surface area contributed by atoms with Crippen LogP contribution in [0.4, 0.5) is 5.69 Å². The van der Waals surface area contributed by atoms with Crippen molar-refractivity contribution in [3.8, 4) is 11.4 Å². The van der Waals surface area contributed by atoms with Gasteiger partial charge in [-0.05, 0) is 24.6 Å². The van der Waals surface area contributed by atoms with Crippen molar-refractivity contribution in [2.45, 2.75) is 25.0 Å². The lowest BCUT2D eigenvalue weighted by molar-refractivity contribution is -0.113. The van der Waals surface area contributed by atoms with Gasteiger partial charge in [-0.2, -0.15) is 0 Å². The summed E-state index contributed by atoms with van der Waals surface area (Å²) in [5, 5.41) is 14.8. The number of hydrogen-bond acceptors (Lipinski definition) is 5. The Balaban J connectivity index is 1.72. The number of halogens is 2. The highest BCUT2D eigenvalue weighted by Gasteiger charge is 2.16. The minimum Gasteiger partial charge on any atom is -0.324 e. The van der Waals surface area contributed by atoms with Gasteiger partial charge in [-0.25, -0.2) is 0 Å². The highest BCUT2D eigenvalue weighted by Crippen LogP contribution is 2.30. The highest BCUT2D eigenvalue weighted by molar-refractivity contribution is 7.99. The van der Waals surface area contributed by atoms with Crippen LogP contribution in [0.15, 0.2) is 47.5 Å². The summed E-state index contributed by atoms with van der Waals surface area (Å²) in [6, 6.07) is 7.23. The Labute approximate surface area is 181 Å². The number of anilines is 1. The van der Waals surface area contributed by atoms with Gasteiger partial charge < -0.3 is 5.32 Å². The lowest BCUT2D eigenvalue weighted by atomic mass is 10.2. The van der Waals surface area contributed by atoms with E-state index in [1.54, 1.807) is 35.6 Å². The normalized spacial score (nSPS) is 10.8. The molecular formula is C19H18Cl2N4OS2. The van der Waals surface area contributed by atoms with Gasteiger partial charge in [-0.1, -0.05) is 54.0 Å². The zero-order chi connectivity index (χ0) is 20.1. The van der Waals surface area contributed by atoms with E-state index < -0.39 is 0 Å². The van der Waals surface area contributed by atoms with Gasteiger partial charge in [0.1, 0.15) is 0 Å². The summed E-state index contributed by atoms with van der Waals surface area (Å²) in [5.74, 6) is 0.742. The molecule has 0 aliphatic carbocycles. The molecule has 0 atom stereocenters. The average molecular weight is 453 g/mol. The van der Waals surface area contributed by atoms with Gasteiger partial charge in [0.25, 0.3) is 0 Å². The lowest BCUT2D eigenvalue weighted by Crippen LogP contribution is -2.15. The second kappa shape index (κ2) is 9.60. The molecule has 28 heavy (non-hydrogen) atoms. The number of thiophene rings is 1. The maximum atomic E-state index is 12.3. The van der Waals surface area contributed by atoms with Crippen molar-refractivity contribution in [1.29, 1.82) is 0 Å². The molecule has 1 aromatic carbocycles. The maximum Gasteiger partial charge on any atom is 0.234 e. The monoisotopic (exact) mass is 452 g/mol. The first-order chi connectivity index (χ1) is 13.5. The molecule has 0 saturated heterocycles. The van der Waals surface area contributed by atoms with Crippen molar-refractivity contribution in [2.75, 3.05) is 11.1 Å². The quantitative estimate of drug-likeness (QED) is 0.346. The second-order valence-corrected chi connectivity index (χ2v) is 8.52. The number of benzene rings is 1. The van der Waals surface area contributed by atoms with Crippen LogP contribution < -0.4 is 5.32 Å². The molecule has 146 valence electrons. The van der Waals surface area contributed by atoms with Crippen molar-refractivity contribution >= 4 is 57.9 Å². The van der Waals surface area contributed by atoms with Crippen LogP contribution >= 0.6 is 46.3 Å². The van der Waals surface area contributed by atoms with Crippen LogP contribution in [0.5, 0.6) is 0 Å². The molecule has 0 bridgehead atoms. The number of carbonyl (C=O) groups is 1. The van der Waals surface area contributed by atoms with E-state index in [9.17, 15) is 4.79 Å². The Hall–Kier alpha value is -1.80. The maximum absolute atomic E-state index is 12.3. The Morgan fingerprint density at radius 2 is 2.21 bits per heavy atom. The van der Waals surface area contributed by atoms with Crippen LogP contribution in [-0.4, -0.2) is 26.4 Å². The molecule has 9 heteroatoms. The Bertz CT molecular complexity index is 1000. The number of nitrogens with one attached hydrogen (secondary N) is 1. The molecule has 3 aromatic rings. The SMILES string of the molecule is C=CCn1c(SCC(=O)Nc2cccc(Cl)c2Cl)nnc1-c1csc(CC)c1. The smallest absolute Gasteiger partial charge is 0.234 e. The number of amides is 1. The minimum absolute atomic E-state index is 0.169. The molecule has 1 N–H and O–H groups in total. The van der Waals surface area contributed by atoms with Crippen LogP contribution in [0, 0.1) is 0 Å². The van der Waals surface area contributed by atoms with Crippen LogP contribution in [0.3, 0.4) is 0 Å². The van der Waals surface area contributed by atoms with Crippen molar-refractivity contribution in [3.63, 3.8) is 0 Å².